The molecule has 0 aliphatic heterocycles. The number of ether oxygens (including phenoxy) is 1. The highest BCUT2D eigenvalue weighted by Crippen LogP contribution is 2.23. The molecule has 0 aliphatic carbocycles. The maximum absolute atomic E-state index is 13.3. The number of nitrogens with zero attached hydrogens (tertiary/aromatic N) is 1. The second-order valence-corrected chi connectivity index (χ2v) is 4.53. The summed E-state index contributed by atoms with van der Waals surface area (Å²) in [6.07, 6.45) is 0. The number of aromatic amines is 1. The third kappa shape index (κ3) is 3.13. The van der Waals surface area contributed by atoms with Crippen molar-refractivity contribution in [3.8, 4) is 11.3 Å². The molecule has 1 heterocycles. The average molecular weight is 285 g/mol. The van der Waals surface area contributed by atoms with E-state index in [4.69, 9.17) is 28.6 Å². The molecule has 18 heavy (non-hydrogen) atoms. The van der Waals surface area contributed by atoms with Gasteiger partial charge in [-0.05, 0) is 24.3 Å². The zero-order valence-corrected chi connectivity index (χ0v) is 11.1. The number of nitrogens with one attached hydrogen (secondary N) is 1. The fraction of sp³-hybridized carbons (Fsp3) is 0.167. The Balaban J connectivity index is 2.52. The highest BCUT2D eigenvalue weighted by Gasteiger charge is 2.05. The Bertz CT molecular complexity index is 609. The van der Waals surface area contributed by atoms with Crippen molar-refractivity contribution in [1.82, 2.24) is 9.97 Å². The van der Waals surface area contributed by atoms with Gasteiger partial charge in [0.15, 0.2) is 0 Å². The number of rotatable bonds is 3. The molecule has 2 aromatic rings. The van der Waals surface area contributed by atoms with Crippen molar-refractivity contribution < 1.29 is 9.13 Å². The van der Waals surface area contributed by atoms with Crippen LogP contribution >= 0.6 is 23.8 Å². The van der Waals surface area contributed by atoms with Gasteiger partial charge < -0.3 is 9.72 Å². The predicted molar refractivity (Wildman–Crippen MR) is 70.5 cm³/mol. The predicted octanol–water partition coefficient (Wildman–Crippen LogP) is 3.75. The van der Waals surface area contributed by atoms with E-state index in [0.717, 1.165) is 0 Å². The van der Waals surface area contributed by atoms with E-state index in [-0.39, 0.29) is 0 Å². The summed E-state index contributed by atoms with van der Waals surface area (Å²) < 4.78 is 18.7. The van der Waals surface area contributed by atoms with Crippen LogP contribution in [0.3, 0.4) is 0 Å². The molecule has 0 atom stereocenters. The van der Waals surface area contributed by atoms with Gasteiger partial charge in [-0.1, -0.05) is 23.8 Å². The van der Waals surface area contributed by atoms with Gasteiger partial charge in [0.05, 0.1) is 0 Å². The lowest BCUT2D eigenvalue weighted by Crippen LogP contribution is -1.99. The number of hydrogen-bond acceptors (Lipinski definition) is 3. The maximum atomic E-state index is 13.3. The van der Waals surface area contributed by atoms with Crippen LogP contribution in [0.15, 0.2) is 24.3 Å². The van der Waals surface area contributed by atoms with E-state index in [1.807, 2.05) is 0 Å². The maximum Gasteiger partial charge on any atom is 0.134 e. The van der Waals surface area contributed by atoms with Crippen LogP contribution in [-0.2, 0) is 11.3 Å². The van der Waals surface area contributed by atoms with E-state index in [1.54, 1.807) is 19.2 Å². The first-order valence-electron chi connectivity index (χ1n) is 5.14. The molecule has 1 aromatic heterocycles. The molecule has 0 saturated heterocycles. The summed E-state index contributed by atoms with van der Waals surface area (Å²) in [4.78, 5) is 7.13. The minimum absolute atomic E-state index is 0.306. The van der Waals surface area contributed by atoms with Crippen molar-refractivity contribution >= 4 is 23.8 Å². The van der Waals surface area contributed by atoms with Gasteiger partial charge in [-0.3, -0.25) is 0 Å². The lowest BCUT2D eigenvalue weighted by molar-refractivity contribution is 0.177. The van der Waals surface area contributed by atoms with Gasteiger partial charge in [0, 0.05) is 23.4 Å². The van der Waals surface area contributed by atoms with Gasteiger partial charge in [-0.15, -0.1) is 0 Å². The lowest BCUT2D eigenvalue weighted by Gasteiger charge is -2.06. The summed E-state index contributed by atoms with van der Waals surface area (Å²) in [5, 5.41) is 0.328. The van der Waals surface area contributed by atoms with E-state index in [1.165, 1.54) is 12.1 Å². The van der Waals surface area contributed by atoms with Gasteiger partial charge >= 0.3 is 0 Å². The number of hydrogen-bond donors (Lipinski definition) is 1. The van der Waals surface area contributed by atoms with Crippen molar-refractivity contribution in [3.05, 3.63) is 45.6 Å². The molecule has 0 saturated carbocycles. The SMILES string of the molecule is COCc1nc(=S)cc(-c2cc(F)cc(Cl)c2)[nH]1. The van der Waals surface area contributed by atoms with Crippen LogP contribution in [0.2, 0.25) is 5.02 Å². The zero-order chi connectivity index (χ0) is 13.1. The number of halogens is 2. The molecule has 0 radical (unpaired) electrons. The Morgan fingerprint density at radius 3 is 2.83 bits per heavy atom. The van der Waals surface area contributed by atoms with Crippen LogP contribution in [-0.4, -0.2) is 17.1 Å². The van der Waals surface area contributed by atoms with Crippen LogP contribution in [0.25, 0.3) is 11.3 Å². The molecule has 3 nitrogen and oxygen atoms in total. The van der Waals surface area contributed by atoms with Crippen molar-refractivity contribution in [2.45, 2.75) is 6.61 Å². The van der Waals surface area contributed by atoms with E-state index in [9.17, 15) is 4.39 Å². The monoisotopic (exact) mass is 284 g/mol. The summed E-state index contributed by atoms with van der Waals surface area (Å²) in [7, 11) is 1.56. The van der Waals surface area contributed by atoms with Gasteiger partial charge in [0.2, 0.25) is 0 Å². The fourth-order valence-corrected chi connectivity index (χ4v) is 2.03. The molecular formula is C12H10ClFN2OS. The first-order chi connectivity index (χ1) is 8.58. The molecule has 6 heteroatoms. The van der Waals surface area contributed by atoms with E-state index < -0.39 is 5.82 Å². The molecule has 94 valence electrons. The molecule has 0 unspecified atom stereocenters. The summed E-state index contributed by atoms with van der Waals surface area (Å²) in [5.74, 6) is 0.183. The largest absolute Gasteiger partial charge is 0.377 e. The summed E-state index contributed by atoms with van der Waals surface area (Å²) in [6.45, 7) is 0.306. The zero-order valence-electron chi connectivity index (χ0n) is 9.54. The van der Waals surface area contributed by atoms with Crippen LogP contribution in [0.4, 0.5) is 4.39 Å². The molecule has 0 amide bonds. The molecule has 1 aromatic carbocycles. The molecule has 0 spiro atoms. The van der Waals surface area contributed by atoms with Crippen LogP contribution in [0.1, 0.15) is 5.82 Å². The second kappa shape index (κ2) is 5.56. The number of aromatic nitrogens is 2. The molecular weight excluding hydrogens is 275 g/mol. The minimum Gasteiger partial charge on any atom is -0.377 e. The summed E-state index contributed by atoms with van der Waals surface area (Å²) in [5.41, 5.74) is 1.27. The number of methoxy groups -OCH3 is 1. The number of benzene rings is 1. The van der Waals surface area contributed by atoms with E-state index in [0.29, 0.717) is 33.4 Å². The van der Waals surface area contributed by atoms with Gasteiger partial charge in [-0.2, -0.15) is 0 Å². The summed E-state index contributed by atoms with van der Waals surface area (Å²) in [6, 6.07) is 5.93. The molecule has 1 N–H and O–H groups in total. The highest BCUT2D eigenvalue weighted by molar-refractivity contribution is 7.71. The lowest BCUT2D eigenvalue weighted by atomic mass is 10.1. The van der Waals surface area contributed by atoms with Gasteiger partial charge in [0.1, 0.15) is 22.9 Å². The van der Waals surface area contributed by atoms with Crippen molar-refractivity contribution in [1.29, 1.82) is 0 Å². The third-order valence-corrected chi connectivity index (χ3v) is 2.67. The van der Waals surface area contributed by atoms with Gasteiger partial charge in [-0.25, -0.2) is 9.37 Å². The average Bonchev–Trinajstić information content (AvgIpc) is 2.27. The van der Waals surface area contributed by atoms with Crippen molar-refractivity contribution in [2.75, 3.05) is 7.11 Å². The quantitative estimate of drug-likeness (QED) is 0.873. The normalized spacial score (nSPS) is 10.6. The summed E-state index contributed by atoms with van der Waals surface area (Å²) >= 11 is 10.9. The van der Waals surface area contributed by atoms with Crippen LogP contribution in [0, 0.1) is 10.5 Å². The Hall–Kier alpha value is -1.30. The first-order valence-corrected chi connectivity index (χ1v) is 5.93. The minimum atomic E-state index is -0.401. The molecule has 0 aliphatic rings. The van der Waals surface area contributed by atoms with Crippen molar-refractivity contribution in [3.63, 3.8) is 0 Å². The van der Waals surface area contributed by atoms with Crippen molar-refractivity contribution in [2.24, 2.45) is 0 Å². The second-order valence-electron chi connectivity index (χ2n) is 3.67. The molecule has 2 rings (SSSR count). The molecule has 0 fully saturated rings. The topological polar surface area (TPSA) is 37.9 Å². The highest BCUT2D eigenvalue weighted by atomic mass is 35.5. The Morgan fingerprint density at radius 1 is 1.39 bits per heavy atom. The van der Waals surface area contributed by atoms with Crippen LogP contribution in [0.5, 0.6) is 0 Å². The van der Waals surface area contributed by atoms with E-state index in [2.05, 4.69) is 9.97 Å². The first kappa shape index (κ1) is 13.1. The fourth-order valence-electron chi connectivity index (χ4n) is 1.58. The third-order valence-electron chi connectivity index (χ3n) is 2.25. The van der Waals surface area contributed by atoms with Crippen LogP contribution < -0.4 is 0 Å². The Kier molecular flexibility index (Phi) is 4.06. The Labute approximate surface area is 114 Å². The smallest absolute Gasteiger partial charge is 0.134 e. The van der Waals surface area contributed by atoms with Gasteiger partial charge in [0.25, 0.3) is 0 Å². The standard InChI is InChI=1S/C12H10ClFN2OS/c1-17-6-11-15-10(5-12(18)16-11)7-2-8(13)4-9(14)3-7/h2-5H,6H2,1H3,(H,15,16,18). The number of H-pyrrole nitrogens is 1. The molecule has 0 bridgehead atoms. The van der Waals surface area contributed by atoms with E-state index >= 15 is 0 Å². The Morgan fingerprint density at radius 2 is 2.17 bits per heavy atom.